The molecule has 0 aromatic heterocycles. The second-order valence-electron chi connectivity index (χ2n) is 4.94. The van der Waals surface area contributed by atoms with Crippen LogP contribution in [0.25, 0.3) is 0 Å². The molecule has 0 saturated heterocycles. The number of halogens is 1. The topological polar surface area (TPSA) is 46.5 Å². The van der Waals surface area contributed by atoms with E-state index in [9.17, 15) is 9.90 Å². The molecule has 1 heterocycles. The molecule has 1 aliphatic rings. The predicted octanol–water partition coefficient (Wildman–Crippen LogP) is 3.02. The largest absolute Gasteiger partial charge is 0.468 e. The van der Waals surface area contributed by atoms with Gasteiger partial charge in [-0.25, -0.2) is 0 Å². The van der Waals surface area contributed by atoms with E-state index in [0.717, 1.165) is 11.3 Å². The molecule has 1 aromatic rings. The van der Waals surface area contributed by atoms with Gasteiger partial charge >= 0.3 is 5.97 Å². The van der Waals surface area contributed by atoms with Crippen molar-refractivity contribution in [1.29, 1.82) is 0 Å². The van der Waals surface area contributed by atoms with Crippen molar-refractivity contribution >= 4 is 29.3 Å². The highest BCUT2D eigenvalue weighted by molar-refractivity contribution is 8.01. The number of esters is 1. The third kappa shape index (κ3) is 2.97. The van der Waals surface area contributed by atoms with Gasteiger partial charge in [0, 0.05) is 10.8 Å². The third-order valence-corrected chi connectivity index (χ3v) is 5.60. The van der Waals surface area contributed by atoms with Gasteiger partial charge in [-0.1, -0.05) is 18.2 Å². The lowest BCUT2D eigenvalue weighted by Gasteiger charge is -2.33. The molecule has 0 radical (unpaired) electrons. The summed E-state index contributed by atoms with van der Waals surface area (Å²) >= 11 is 7.20. The van der Waals surface area contributed by atoms with E-state index in [1.807, 2.05) is 24.3 Å². The summed E-state index contributed by atoms with van der Waals surface area (Å²) in [4.78, 5) is 13.4. The number of aryl methyl sites for hydroxylation is 1. The number of benzene rings is 1. The number of thioether (sulfide) groups is 1. The lowest BCUT2D eigenvalue weighted by atomic mass is 9.92. The SMILES string of the molecule is COC(=O)[C@@]1(CCCCl)Sc2ccccc2CC[C@H]1O. The van der Waals surface area contributed by atoms with Crippen molar-refractivity contribution in [1.82, 2.24) is 0 Å². The Balaban J connectivity index is 2.40. The Morgan fingerprint density at radius 2 is 2.30 bits per heavy atom. The van der Waals surface area contributed by atoms with Crippen LogP contribution in [0, 0.1) is 0 Å². The lowest BCUT2D eigenvalue weighted by Crippen LogP contribution is -2.47. The highest BCUT2D eigenvalue weighted by Gasteiger charge is 2.48. The van der Waals surface area contributed by atoms with Crippen LogP contribution < -0.4 is 0 Å². The second-order valence-corrected chi connectivity index (χ2v) is 6.69. The van der Waals surface area contributed by atoms with Crippen molar-refractivity contribution < 1.29 is 14.6 Å². The van der Waals surface area contributed by atoms with Gasteiger partial charge in [0.15, 0.2) is 0 Å². The standard InChI is InChI=1S/C15H19ClO3S/c1-19-14(18)15(9-4-10-16)13(17)8-7-11-5-2-3-6-12(11)20-15/h2-3,5-6,13,17H,4,7-10H2,1H3/t13-,15+/m1/s1. The van der Waals surface area contributed by atoms with Crippen LogP contribution in [0.5, 0.6) is 0 Å². The van der Waals surface area contributed by atoms with Gasteiger partial charge in [0.05, 0.1) is 13.2 Å². The van der Waals surface area contributed by atoms with E-state index in [1.165, 1.54) is 24.4 Å². The Labute approximate surface area is 128 Å². The first kappa shape index (κ1) is 15.7. The zero-order valence-corrected chi connectivity index (χ0v) is 13.0. The maximum Gasteiger partial charge on any atom is 0.324 e. The molecule has 20 heavy (non-hydrogen) atoms. The summed E-state index contributed by atoms with van der Waals surface area (Å²) in [5, 5.41) is 10.5. The van der Waals surface area contributed by atoms with Crippen LogP contribution in [0.3, 0.4) is 0 Å². The van der Waals surface area contributed by atoms with Crippen molar-refractivity contribution in [3.05, 3.63) is 29.8 Å². The number of alkyl halides is 1. The van der Waals surface area contributed by atoms with Crippen molar-refractivity contribution in [2.75, 3.05) is 13.0 Å². The average molecular weight is 315 g/mol. The molecule has 0 amide bonds. The number of ether oxygens (including phenoxy) is 1. The van der Waals surface area contributed by atoms with Gasteiger partial charge in [-0.15, -0.1) is 23.4 Å². The number of carbonyl (C=O) groups excluding carboxylic acids is 1. The monoisotopic (exact) mass is 314 g/mol. The number of hydrogen-bond donors (Lipinski definition) is 1. The molecule has 1 aromatic carbocycles. The molecule has 0 spiro atoms. The van der Waals surface area contributed by atoms with E-state index in [-0.39, 0.29) is 5.97 Å². The van der Waals surface area contributed by atoms with E-state index >= 15 is 0 Å². The number of carbonyl (C=O) groups is 1. The summed E-state index contributed by atoms with van der Waals surface area (Å²) in [7, 11) is 1.37. The molecule has 0 fully saturated rings. The molecule has 1 aliphatic heterocycles. The Hall–Kier alpha value is -0.710. The molecule has 110 valence electrons. The fourth-order valence-corrected chi connectivity index (χ4v) is 4.24. The van der Waals surface area contributed by atoms with Crippen LogP contribution in [-0.4, -0.2) is 34.9 Å². The molecular weight excluding hydrogens is 296 g/mol. The zero-order chi connectivity index (χ0) is 14.6. The number of hydrogen-bond acceptors (Lipinski definition) is 4. The second kappa shape index (κ2) is 6.83. The molecule has 2 atom stereocenters. The molecule has 0 unspecified atom stereocenters. The first-order valence-corrected chi connectivity index (χ1v) is 8.08. The van der Waals surface area contributed by atoms with Gasteiger partial charge in [-0.2, -0.15) is 0 Å². The van der Waals surface area contributed by atoms with Crippen LogP contribution in [0.15, 0.2) is 29.2 Å². The fourth-order valence-electron chi connectivity index (χ4n) is 2.60. The Kier molecular flexibility index (Phi) is 5.35. The molecule has 0 bridgehead atoms. The number of aliphatic hydroxyl groups is 1. The average Bonchev–Trinajstić information content (AvgIpc) is 2.62. The minimum atomic E-state index is -0.948. The van der Waals surface area contributed by atoms with Crippen molar-refractivity contribution in [2.45, 2.75) is 41.4 Å². The van der Waals surface area contributed by atoms with Crippen molar-refractivity contribution in [2.24, 2.45) is 0 Å². The highest BCUT2D eigenvalue weighted by atomic mass is 35.5. The van der Waals surface area contributed by atoms with Crippen LogP contribution in [-0.2, 0) is 16.0 Å². The Morgan fingerprint density at radius 1 is 1.55 bits per heavy atom. The molecular formula is C15H19ClO3S. The highest BCUT2D eigenvalue weighted by Crippen LogP contribution is 2.45. The van der Waals surface area contributed by atoms with Crippen LogP contribution in [0.2, 0.25) is 0 Å². The summed E-state index contributed by atoms with van der Waals surface area (Å²) in [6.07, 6.45) is 1.79. The molecule has 3 nitrogen and oxygen atoms in total. The first-order chi connectivity index (χ1) is 9.64. The van der Waals surface area contributed by atoms with Crippen LogP contribution in [0.4, 0.5) is 0 Å². The first-order valence-electron chi connectivity index (χ1n) is 6.73. The van der Waals surface area contributed by atoms with Gasteiger partial charge < -0.3 is 9.84 Å². The van der Waals surface area contributed by atoms with Crippen molar-refractivity contribution in [3.63, 3.8) is 0 Å². The van der Waals surface area contributed by atoms with E-state index in [0.29, 0.717) is 25.1 Å². The van der Waals surface area contributed by atoms with Crippen LogP contribution >= 0.6 is 23.4 Å². The van der Waals surface area contributed by atoms with E-state index in [1.54, 1.807) is 0 Å². The normalized spacial score (nSPS) is 25.6. The van der Waals surface area contributed by atoms with E-state index in [2.05, 4.69) is 0 Å². The van der Waals surface area contributed by atoms with E-state index in [4.69, 9.17) is 16.3 Å². The number of fused-ring (bicyclic) bond motifs is 1. The summed E-state index contributed by atoms with van der Waals surface area (Å²) < 4.78 is 4.02. The Bertz CT molecular complexity index is 480. The minimum Gasteiger partial charge on any atom is -0.468 e. The predicted molar refractivity (Wildman–Crippen MR) is 81.3 cm³/mol. The Morgan fingerprint density at radius 3 is 3.00 bits per heavy atom. The van der Waals surface area contributed by atoms with Gasteiger partial charge in [0.1, 0.15) is 4.75 Å². The van der Waals surface area contributed by atoms with Crippen LogP contribution in [0.1, 0.15) is 24.8 Å². The summed E-state index contributed by atoms with van der Waals surface area (Å²) in [5.41, 5.74) is 1.17. The maximum absolute atomic E-state index is 12.3. The quantitative estimate of drug-likeness (QED) is 0.685. The van der Waals surface area contributed by atoms with Gasteiger partial charge in [-0.05, 0) is 37.3 Å². The van der Waals surface area contributed by atoms with Gasteiger partial charge in [0.25, 0.3) is 0 Å². The molecule has 1 N–H and O–H groups in total. The molecule has 0 saturated carbocycles. The minimum absolute atomic E-state index is 0.364. The number of methoxy groups -OCH3 is 1. The smallest absolute Gasteiger partial charge is 0.324 e. The summed E-state index contributed by atoms with van der Waals surface area (Å²) in [6, 6.07) is 7.98. The molecule has 5 heteroatoms. The summed E-state index contributed by atoms with van der Waals surface area (Å²) in [5.74, 6) is 0.102. The zero-order valence-electron chi connectivity index (χ0n) is 11.5. The number of rotatable bonds is 4. The van der Waals surface area contributed by atoms with Gasteiger partial charge in [0.2, 0.25) is 0 Å². The maximum atomic E-state index is 12.3. The molecule has 0 aliphatic carbocycles. The van der Waals surface area contributed by atoms with Crippen molar-refractivity contribution in [3.8, 4) is 0 Å². The lowest BCUT2D eigenvalue weighted by molar-refractivity contribution is -0.147. The van der Waals surface area contributed by atoms with E-state index < -0.39 is 10.9 Å². The third-order valence-electron chi connectivity index (χ3n) is 3.70. The number of aliphatic hydroxyl groups excluding tert-OH is 1. The fraction of sp³-hybridized carbons (Fsp3) is 0.533. The molecule has 2 rings (SSSR count). The summed E-state index contributed by atoms with van der Waals surface area (Å²) in [6.45, 7) is 0. The van der Waals surface area contributed by atoms with Gasteiger partial charge in [-0.3, -0.25) is 4.79 Å².